The molecule has 1 aliphatic heterocycles. The van der Waals surface area contributed by atoms with E-state index >= 15 is 0 Å². The summed E-state index contributed by atoms with van der Waals surface area (Å²) in [5.41, 5.74) is 1.91. The Kier molecular flexibility index (Phi) is 4.80. The maximum atomic E-state index is 12.9. The second-order valence-corrected chi connectivity index (χ2v) is 7.11. The Labute approximate surface area is 154 Å². The van der Waals surface area contributed by atoms with Gasteiger partial charge in [-0.1, -0.05) is 42.5 Å². The van der Waals surface area contributed by atoms with Crippen molar-refractivity contribution in [3.63, 3.8) is 0 Å². The second kappa shape index (κ2) is 7.38. The van der Waals surface area contributed by atoms with Gasteiger partial charge in [-0.25, -0.2) is 0 Å². The van der Waals surface area contributed by atoms with E-state index in [4.69, 9.17) is 0 Å². The predicted molar refractivity (Wildman–Crippen MR) is 102 cm³/mol. The summed E-state index contributed by atoms with van der Waals surface area (Å²) in [5, 5.41) is 13.3. The highest BCUT2D eigenvalue weighted by Gasteiger charge is 2.33. The minimum atomic E-state index is -0.247. The molecule has 1 amide bonds. The minimum absolute atomic E-state index is 0.106. The predicted octanol–water partition coefficient (Wildman–Crippen LogP) is 2.53. The summed E-state index contributed by atoms with van der Waals surface area (Å²) >= 11 is 0. The van der Waals surface area contributed by atoms with Crippen LogP contribution in [0.5, 0.6) is 5.75 Å². The van der Waals surface area contributed by atoms with Gasteiger partial charge in [0.15, 0.2) is 0 Å². The van der Waals surface area contributed by atoms with Crippen LogP contribution in [0.2, 0.25) is 0 Å². The third-order valence-electron chi connectivity index (χ3n) is 5.19. The molecular formula is C21H25N3O2. The summed E-state index contributed by atoms with van der Waals surface area (Å²) in [7, 11) is 0. The quantitative estimate of drug-likeness (QED) is 0.869. The number of benzene rings is 2. The number of hydrogen-bond acceptors (Lipinski definition) is 4. The first-order valence-electron chi connectivity index (χ1n) is 9.35. The Bertz CT molecular complexity index is 753. The summed E-state index contributed by atoms with van der Waals surface area (Å²) in [6, 6.07) is 17.6. The maximum Gasteiger partial charge on any atom is 0.242 e. The first kappa shape index (κ1) is 16.9. The number of phenolic OH excluding ortho intramolecular Hbond substituents is 1. The van der Waals surface area contributed by atoms with Crippen LogP contribution in [0.1, 0.15) is 24.4 Å². The number of aromatic hydroxyl groups is 1. The van der Waals surface area contributed by atoms with E-state index in [1.165, 1.54) is 0 Å². The topological polar surface area (TPSA) is 55.8 Å². The van der Waals surface area contributed by atoms with E-state index in [9.17, 15) is 9.90 Å². The fraction of sp³-hybridized carbons (Fsp3) is 0.381. The molecule has 5 heteroatoms. The number of carbonyl (C=O) groups excluding carboxylic acids is 1. The average molecular weight is 351 g/mol. The number of nitrogens with zero attached hydrogens (tertiary/aromatic N) is 2. The summed E-state index contributed by atoms with van der Waals surface area (Å²) in [5.74, 6) is 0.418. The first-order chi connectivity index (χ1) is 12.7. The van der Waals surface area contributed by atoms with E-state index in [0.717, 1.165) is 50.3 Å². The van der Waals surface area contributed by atoms with E-state index < -0.39 is 0 Å². The van der Waals surface area contributed by atoms with Crippen molar-refractivity contribution in [1.82, 2.24) is 10.2 Å². The van der Waals surface area contributed by atoms with Crippen molar-refractivity contribution < 1.29 is 9.90 Å². The van der Waals surface area contributed by atoms with Gasteiger partial charge in [0.05, 0.1) is 5.69 Å². The Hall–Kier alpha value is -2.53. The number of piperazine rings is 1. The lowest BCUT2D eigenvalue weighted by Gasteiger charge is -2.40. The van der Waals surface area contributed by atoms with Crippen LogP contribution in [0.25, 0.3) is 0 Å². The summed E-state index contributed by atoms with van der Waals surface area (Å²) < 4.78 is 0. The molecule has 0 radical (unpaired) electrons. The van der Waals surface area contributed by atoms with Gasteiger partial charge >= 0.3 is 0 Å². The third kappa shape index (κ3) is 3.68. The Balaban J connectivity index is 1.49. The van der Waals surface area contributed by atoms with Crippen LogP contribution >= 0.6 is 0 Å². The van der Waals surface area contributed by atoms with Gasteiger partial charge in [-0.15, -0.1) is 0 Å². The van der Waals surface area contributed by atoms with E-state index in [-0.39, 0.29) is 11.9 Å². The molecule has 2 aromatic carbocycles. The lowest BCUT2D eigenvalue weighted by molar-refractivity contribution is -0.127. The van der Waals surface area contributed by atoms with Crippen molar-refractivity contribution in [1.29, 1.82) is 0 Å². The molecule has 4 rings (SSSR count). The molecule has 2 N–H and O–H groups in total. The Morgan fingerprint density at radius 3 is 2.27 bits per heavy atom. The molecule has 1 atom stereocenters. The second-order valence-electron chi connectivity index (χ2n) is 7.11. The lowest BCUT2D eigenvalue weighted by atomic mass is 10.0. The van der Waals surface area contributed by atoms with Gasteiger partial charge in [0, 0.05) is 32.2 Å². The van der Waals surface area contributed by atoms with Crippen molar-refractivity contribution in [2.24, 2.45) is 0 Å². The van der Waals surface area contributed by atoms with Gasteiger partial charge < -0.3 is 15.3 Å². The molecule has 26 heavy (non-hydrogen) atoms. The van der Waals surface area contributed by atoms with Crippen molar-refractivity contribution in [2.45, 2.75) is 24.9 Å². The number of hydrogen-bond donors (Lipinski definition) is 2. The van der Waals surface area contributed by atoms with Crippen LogP contribution in [0.15, 0.2) is 54.6 Å². The number of phenols is 1. The van der Waals surface area contributed by atoms with Crippen LogP contribution < -0.4 is 10.2 Å². The van der Waals surface area contributed by atoms with Crippen LogP contribution in [0.3, 0.4) is 0 Å². The van der Waals surface area contributed by atoms with Crippen molar-refractivity contribution >= 4 is 11.6 Å². The van der Waals surface area contributed by atoms with Gasteiger partial charge in [0.1, 0.15) is 11.8 Å². The third-order valence-corrected chi connectivity index (χ3v) is 5.19. The van der Waals surface area contributed by atoms with Crippen molar-refractivity contribution in [3.05, 3.63) is 60.2 Å². The number of carbonyl (C=O) groups is 1. The zero-order valence-electron chi connectivity index (χ0n) is 14.8. The number of para-hydroxylation sites is 2. The highest BCUT2D eigenvalue weighted by molar-refractivity contribution is 5.83. The summed E-state index contributed by atoms with van der Waals surface area (Å²) in [6.45, 7) is 3.15. The molecule has 2 aromatic rings. The highest BCUT2D eigenvalue weighted by atomic mass is 16.3. The summed E-state index contributed by atoms with van der Waals surface area (Å²) in [4.78, 5) is 17.3. The monoisotopic (exact) mass is 351 g/mol. The molecule has 1 saturated carbocycles. The van der Waals surface area contributed by atoms with E-state index in [0.29, 0.717) is 11.8 Å². The van der Waals surface area contributed by atoms with Crippen LogP contribution in [0, 0.1) is 0 Å². The van der Waals surface area contributed by atoms with E-state index in [2.05, 4.69) is 15.1 Å². The number of rotatable bonds is 5. The molecule has 2 aliphatic rings. The fourth-order valence-corrected chi connectivity index (χ4v) is 3.62. The molecule has 0 aromatic heterocycles. The lowest BCUT2D eigenvalue weighted by Crippen LogP contribution is -2.51. The number of nitrogens with one attached hydrogen (secondary N) is 1. The smallest absolute Gasteiger partial charge is 0.242 e. The normalized spacial score (nSPS) is 19.2. The Morgan fingerprint density at radius 1 is 0.962 bits per heavy atom. The SMILES string of the molecule is O=C(NC1CC1)[C@@H](c1ccccc1)N1CCN(c2ccccc2O)CC1. The van der Waals surface area contributed by atoms with Gasteiger partial charge in [0.2, 0.25) is 5.91 Å². The van der Waals surface area contributed by atoms with Crippen molar-refractivity contribution in [3.8, 4) is 5.75 Å². The molecular weight excluding hydrogens is 326 g/mol. The van der Waals surface area contributed by atoms with Gasteiger partial charge in [-0.05, 0) is 30.5 Å². The van der Waals surface area contributed by atoms with Gasteiger partial charge in [-0.2, -0.15) is 0 Å². The maximum absolute atomic E-state index is 12.9. The molecule has 0 unspecified atom stereocenters. The largest absolute Gasteiger partial charge is 0.506 e. The molecule has 0 spiro atoms. The molecule has 2 fully saturated rings. The van der Waals surface area contributed by atoms with E-state index in [1.807, 2.05) is 48.5 Å². The first-order valence-corrected chi connectivity index (χ1v) is 9.35. The molecule has 5 nitrogen and oxygen atoms in total. The zero-order valence-corrected chi connectivity index (χ0v) is 14.8. The average Bonchev–Trinajstić information content (AvgIpc) is 3.48. The molecule has 1 saturated heterocycles. The van der Waals surface area contributed by atoms with Crippen LogP contribution in [-0.2, 0) is 4.79 Å². The molecule has 0 bridgehead atoms. The summed E-state index contributed by atoms with van der Waals surface area (Å²) in [6.07, 6.45) is 2.18. The van der Waals surface area contributed by atoms with E-state index in [1.54, 1.807) is 6.07 Å². The minimum Gasteiger partial charge on any atom is -0.506 e. The number of amides is 1. The van der Waals surface area contributed by atoms with Crippen LogP contribution in [0.4, 0.5) is 5.69 Å². The standard InChI is InChI=1S/C21H25N3O2/c25-19-9-5-4-8-18(19)23-12-14-24(15-13-23)20(16-6-2-1-3-7-16)21(26)22-17-10-11-17/h1-9,17,20,25H,10-15H2,(H,22,26)/t20-/m1/s1. The highest BCUT2D eigenvalue weighted by Crippen LogP contribution is 2.30. The molecule has 1 aliphatic carbocycles. The fourth-order valence-electron chi connectivity index (χ4n) is 3.62. The van der Waals surface area contributed by atoms with Crippen molar-refractivity contribution in [2.75, 3.05) is 31.1 Å². The zero-order chi connectivity index (χ0) is 17.9. The van der Waals surface area contributed by atoms with Crippen LogP contribution in [-0.4, -0.2) is 48.1 Å². The molecule has 1 heterocycles. The molecule has 136 valence electrons. The number of anilines is 1. The Morgan fingerprint density at radius 2 is 1.62 bits per heavy atom. The van der Waals surface area contributed by atoms with Gasteiger partial charge in [-0.3, -0.25) is 9.69 Å². The van der Waals surface area contributed by atoms with Gasteiger partial charge in [0.25, 0.3) is 0 Å².